The van der Waals surface area contributed by atoms with Crippen molar-refractivity contribution in [1.82, 2.24) is 5.32 Å². The van der Waals surface area contributed by atoms with Gasteiger partial charge in [0.15, 0.2) is 0 Å². The second kappa shape index (κ2) is 5.31. The lowest BCUT2D eigenvalue weighted by Gasteiger charge is -2.28. The number of ether oxygens (including phenoxy) is 1. The second-order valence-corrected chi connectivity index (χ2v) is 5.79. The number of hydrogen-bond acceptors (Lipinski definition) is 2. The molecule has 2 nitrogen and oxygen atoms in total. The summed E-state index contributed by atoms with van der Waals surface area (Å²) in [7, 11) is 1.79. The van der Waals surface area contributed by atoms with Gasteiger partial charge >= 0.3 is 0 Å². The molecule has 0 spiro atoms. The Hall–Kier alpha value is -0.0800. The minimum absolute atomic E-state index is 0.00473. The average molecular weight is 213 g/mol. The Bertz CT molecular complexity index is 187. The summed E-state index contributed by atoms with van der Waals surface area (Å²) in [5, 5.41) is 3.61. The van der Waals surface area contributed by atoms with Crippen molar-refractivity contribution < 1.29 is 4.74 Å². The van der Waals surface area contributed by atoms with E-state index in [4.69, 9.17) is 4.74 Å². The third-order valence-electron chi connectivity index (χ3n) is 3.57. The Labute approximate surface area is 94.8 Å². The molecule has 0 heterocycles. The van der Waals surface area contributed by atoms with E-state index in [2.05, 4.69) is 33.0 Å². The van der Waals surface area contributed by atoms with Gasteiger partial charge in [0.25, 0.3) is 0 Å². The molecular formula is C13H27NO. The second-order valence-electron chi connectivity index (χ2n) is 5.79. The molecule has 1 aliphatic rings. The highest BCUT2D eigenvalue weighted by molar-refractivity contribution is 4.82. The summed E-state index contributed by atoms with van der Waals surface area (Å²) in [6.45, 7) is 10.1. The largest absolute Gasteiger partial charge is 0.379 e. The molecule has 0 aliphatic heterocycles. The molecular weight excluding hydrogens is 186 g/mol. The van der Waals surface area contributed by atoms with Gasteiger partial charge in [0.05, 0.1) is 5.60 Å². The first-order chi connectivity index (χ1) is 6.94. The Morgan fingerprint density at radius 2 is 1.93 bits per heavy atom. The first-order valence-electron chi connectivity index (χ1n) is 6.23. The van der Waals surface area contributed by atoms with Crippen molar-refractivity contribution >= 4 is 0 Å². The van der Waals surface area contributed by atoms with Gasteiger partial charge in [-0.1, -0.05) is 6.92 Å². The van der Waals surface area contributed by atoms with E-state index in [9.17, 15) is 0 Å². The molecule has 1 rings (SSSR count). The third kappa shape index (κ3) is 4.98. The van der Waals surface area contributed by atoms with Crippen LogP contribution >= 0.6 is 0 Å². The summed E-state index contributed by atoms with van der Waals surface area (Å²) >= 11 is 0. The van der Waals surface area contributed by atoms with Crippen LogP contribution in [0, 0.1) is 11.8 Å². The summed E-state index contributed by atoms with van der Waals surface area (Å²) in [5.41, 5.74) is -0.00473. The van der Waals surface area contributed by atoms with E-state index >= 15 is 0 Å². The lowest BCUT2D eigenvalue weighted by molar-refractivity contribution is 0.00830. The zero-order chi connectivity index (χ0) is 11.5. The van der Waals surface area contributed by atoms with Crippen LogP contribution in [0.25, 0.3) is 0 Å². The van der Waals surface area contributed by atoms with Gasteiger partial charge in [-0.2, -0.15) is 0 Å². The maximum absolute atomic E-state index is 5.43. The van der Waals surface area contributed by atoms with Crippen molar-refractivity contribution in [3.05, 3.63) is 0 Å². The van der Waals surface area contributed by atoms with Crippen LogP contribution in [0.2, 0.25) is 0 Å². The van der Waals surface area contributed by atoms with Crippen molar-refractivity contribution in [3.8, 4) is 0 Å². The zero-order valence-corrected chi connectivity index (χ0v) is 11.0. The lowest BCUT2D eigenvalue weighted by Crippen LogP contribution is -2.37. The average Bonchev–Trinajstić information content (AvgIpc) is 2.96. The summed E-state index contributed by atoms with van der Waals surface area (Å²) in [6.07, 6.45) is 3.96. The van der Waals surface area contributed by atoms with Gasteiger partial charge in [0, 0.05) is 13.2 Å². The molecule has 0 saturated heterocycles. The van der Waals surface area contributed by atoms with Crippen LogP contribution in [0.1, 0.15) is 47.0 Å². The zero-order valence-electron chi connectivity index (χ0n) is 11.0. The van der Waals surface area contributed by atoms with Gasteiger partial charge in [-0.3, -0.25) is 0 Å². The van der Waals surface area contributed by atoms with E-state index in [1.165, 1.54) is 12.8 Å². The van der Waals surface area contributed by atoms with Gasteiger partial charge in [-0.15, -0.1) is 0 Å². The molecule has 90 valence electrons. The van der Waals surface area contributed by atoms with E-state index in [0.29, 0.717) is 6.04 Å². The molecule has 2 atom stereocenters. The molecule has 0 aromatic heterocycles. The Morgan fingerprint density at radius 3 is 2.40 bits per heavy atom. The maximum atomic E-state index is 5.43. The Balaban J connectivity index is 2.14. The lowest BCUT2D eigenvalue weighted by atomic mass is 9.99. The van der Waals surface area contributed by atoms with E-state index in [1.807, 2.05) is 0 Å². The van der Waals surface area contributed by atoms with E-state index < -0.39 is 0 Å². The van der Waals surface area contributed by atoms with Crippen molar-refractivity contribution in [2.24, 2.45) is 11.8 Å². The molecule has 0 aromatic carbocycles. The van der Waals surface area contributed by atoms with Crippen LogP contribution in [-0.2, 0) is 4.74 Å². The molecule has 1 N–H and O–H groups in total. The molecule has 2 unspecified atom stereocenters. The molecule has 0 aromatic rings. The fraction of sp³-hybridized carbons (Fsp3) is 1.00. The number of hydrogen-bond donors (Lipinski definition) is 1. The molecule has 0 radical (unpaired) electrons. The highest BCUT2D eigenvalue weighted by Crippen LogP contribution is 2.36. The minimum atomic E-state index is -0.00473. The minimum Gasteiger partial charge on any atom is -0.379 e. The van der Waals surface area contributed by atoms with Crippen molar-refractivity contribution in [1.29, 1.82) is 0 Å². The van der Waals surface area contributed by atoms with Crippen LogP contribution in [0.15, 0.2) is 0 Å². The fourth-order valence-electron chi connectivity index (χ4n) is 2.11. The standard InChI is InChI=1S/C13H27NO/c1-10(12-6-7-12)9-14-11(2)8-13(3,4)15-5/h10-12,14H,6-9H2,1-5H3. The Kier molecular flexibility index (Phi) is 4.60. The van der Waals surface area contributed by atoms with E-state index in [-0.39, 0.29) is 5.60 Å². The molecule has 0 amide bonds. The van der Waals surface area contributed by atoms with E-state index in [0.717, 1.165) is 24.8 Å². The predicted molar refractivity (Wildman–Crippen MR) is 65.1 cm³/mol. The molecule has 0 bridgehead atoms. The normalized spacial score (nSPS) is 21.4. The van der Waals surface area contributed by atoms with Crippen LogP contribution < -0.4 is 5.32 Å². The molecule has 2 heteroatoms. The molecule has 1 saturated carbocycles. The van der Waals surface area contributed by atoms with Crippen LogP contribution in [-0.4, -0.2) is 25.3 Å². The summed E-state index contributed by atoms with van der Waals surface area (Å²) in [5.74, 6) is 1.85. The van der Waals surface area contributed by atoms with Crippen molar-refractivity contribution in [2.45, 2.75) is 58.6 Å². The number of rotatable bonds is 7. The van der Waals surface area contributed by atoms with Crippen LogP contribution in [0.3, 0.4) is 0 Å². The third-order valence-corrected chi connectivity index (χ3v) is 3.57. The fourth-order valence-corrected chi connectivity index (χ4v) is 2.11. The summed E-state index contributed by atoms with van der Waals surface area (Å²) < 4.78 is 5.43. The quantitative estimate of drug-likeness (QED) is 0.702. The van der Waals surface area contributed by atoms with Gasteiger partial charge in [-0.05, 0) is 58.4 Å². The SMILES string of the molecule is COC(C)(C)CC(C)NCC(C)C1CC1. The molecule has 15 heavy (non-hydrogen) atoms. The molecule has 1 fully saturated rings. The highest BCUT2D eigenvalue weighted by Gasteiger charge is 2.28. The smallest absolute Gasteiger partial charge is 0.0637 e. The van der Waals surface area contributed by atoms with E-state index in [1.54, 1.807) is 7.11 Å². The van der Waals surface area contributed by atoms with Crippen molar-refractivity contribution in [2.75, 3.05) is 13.7 Å². The van der Waals surface area contributed by atoms with Gasteiger partial charge in [0.1, 0.15) is 0 Å². The first-order valence-corrected chi connectivity index (χ1v) is 6.23. The summed E-state index contributed by atoms with van der Waals surface area (Å²) in [4.78, 5) is 0. The maximum Gasteiger partial charge on any atom is 0.0637 e. The van der Waals surface area contributed by atoms with Crippen LogP contribution in [0.5, 0.6) is 0 Å². The van der Waals surface area contributed by atoms with Crippen LogP contribution in [0.4, 0.5) is 0 Å². The van der Waals surface area contributed by atoms with Gasteiger partial charge in [-0.25, -0.2) is 0 Å². The summed E-state index contributed by atoms with van der Waals surface area (Å²) in [6, 6.07) is 0.543. The van der Waals surface area contributed by atoms with Crippen molar-refractivity contribution in [3.63, 3.8) is 0 Å². The van der Waals surface area contributed by atoms with Gasteiger partial charge < -0.3 is 10.1 Å². The van der Waals surface area contributed by atoms with Gasteiger partial charge in [0.2, 0.25) is 0 Å². The number of nitrogens with one attached hydrogen (secondary N) is 1. The monoisotopic (exact) mass is 213 g/mol. The predicted octanol–water partition coefficient (Wildman–Crippen LogP) is 2.83. The highest BCUT2D eigenvalue weighted by atomic mass is 16.5. The topological polar surface area (TPSA) is 21.3 Å². The number of methoxy groups -OCH3 is 1. The first kappa shape index (κ1) is 13.0. The Morgan fingerprint density at radius 1 is 1.33 bits per heavy atom. The molecule has 1 aliphatic carbocycles.